The molecule has 0 atom stereocenters. The number of hydrogen-bond donors (Lipinski definition) is 0. The van der Waals surface area contributed by atoms with Gasteiger partial charge in [0, 0.05) is 22.9 Å². The molecule has 0 aromatic heterocycles. The van der Waals surface area contributed by atoms with Crippen LogP contribution in [0.4, 0.5) is 8.78 Å². The van der Waals surface area contributed by atoms with Gasteiger partial charge in [-0.25, -0.2) is 8.78 Å². The van der Waals surface area contributed by atoms with E-state index in [2.05, 4.69) is 11.9 Å². The summed E-state index contributed by atoms with van der Waals surface area (Å²) >= 11 is 1.52. The van der Waals surface area contributed by atoms with Crippen LogP contribution >= 0.6 is 11.8 Å². The Morgan fingerprint density at radius 3 is 2.35 bits per heavy atom. The van der Waals surface area contributed by atoms with Crippen LogP contribution in [-0.4, -0.2) is 25.0 Å². The molecular formula is C19H17F2NS. The van der Waals surface area contributed by atoms with Crippen LogP contribution in [0.3, 0.4) is 0 Å². The second-order valence-corrected chi connectivity index (χ2v) is 7.25. The highest BCUT2D eigenvalue weighted by molar-refractivity contribution is 7.99. The van der Waals surface area contributed by atoms with Gasteiger partial charge >= 0.3 is 0 Å². The standard InChI is InChI=1S/C19H17F2NS/c1-22-8-6-12(7-9-22)19-15-4-2-14(21)11-18(15)23-17-5-3-13(20)10-16(17)19/h2-5,10-11H,6-9H2,1H3. The van der Waals surface area contributed by atoms with Crippen molar-refractivity contribution in [2.45, 2.75) is 22.6 Å². The molecule has 2 aliphatic rings. The van der Waals surface area contributed by atoms with Crippen LogP contribution in [0.2, 0.25) is 0 Å². The maximum absolute atomic E-state index is 13.8. The van der Waals surface area contributed by atoms with Gasteiger partial charge in [-0.2, -0.15) is 0 Å². The van der Waals surface area contributed by atoms with Gasteiger partial charge in [-0.1, -0.05) is 23.4 Å². The third kappa shape index (κ3) is 2.70. The van der Waals surface area contributed by atoms with E-state index >= 15 is 0 Å². The summed E-state index contributed by atoms with van der Waals surface area (Å²) in [5.74, 6) is -0.449. The third-order valence-corrected chi connectivity index (χ3v) is 5.72. The van der Waals surface area contributed by atoms with Gasteiger partial charge in [0.15, 0.2) is 0 Å². The Morgan fingerprint density at radius 2 is 1.57 bits per heavy atom. The minimum absolute atomic E-state index is 0.221. The Morgan fingerprint density at radius 1 is 0.870 bits per heavy atom. The zero-order valence-corrected chi connectivity index (χ0v) is 13.7. The van der Waals surface area contributed by atoms with Crippen molar-refractivity contribution in [3.05, 3.63) is 64.7 Å². The SMILES string of the molecule is CN1CCC(=C2c3ccc(F)cc3Sc3ccc(F)cc32)CC1. The zero-order chi connectivity index (χ0) is 16.0. The first-order valence-electron chi connectivity index (χ1n) is 7.80. The van der Waals surface area contributed by atoms with Crippen molar-refractivity contribution in [1.82, 2.24) is 4.90 Å². The van der Waals surface area contributed by atoms with Crippen LogP contribution in [0.15, 0.2) is 51.8 Å². The second kappa shape index (κ2) is 5.77. The van der Waals surface area contributed by atoms with Crippen LogP contribution in [0.5, 0.6) is 0 Å². The summed E-state index contributed by atoms with van der Waals surface area (Å²) in [4.78, 5) is 4.23. The van der Waals surface area contributed by atoms with E-state index in [9.17, 15) is 8.78 Å². The van der Waals surface area contributed by atoms with Gasteiger partial charge in [-0.3, -0.25) is 0 Å². The van der Waals surface area contributed by atoms with Crippen molar-refractivity contribution in [3.63, 3.8) is 0 Å². The zero-order valence-electron chi connectivity index (χ0n) is 12.9. The number of hydrogen-bond acceptors (Lipinski definition) is 2. The van der Waals surface area contributed by atoms with E-state index in [0.717, 1.165) is 52.4 Å². The number of likely N-dealkylation sites (tertiary alicyclic amines) is 1. The molecule has 118 valence electrons. The lowest BCUT2D eigenvalue weighted by Crippen LogP contribution is -2.27. The number of rotatable bonds is 0. The fourth-order valence-electron chi connectivity index (χ4n) is 3.36. The third-order valence-electron chi connectivity index (χ3n) is 4.59. The molecule has 2 aromatic carbocycles. The first-order valence-corrected chi connectivity index (χ1v) is 8.62. The van der Waals surface area contributed by atoms with Gasteiger partial charge < -0.3 is 4.90 Å². The predicted molar refractivity (Wildman–Crippen MR) is 89.7 cm³/mol. The number of halogens is 2. The maximum atomic E-state index is 13.8. The maximum Gasteiger partial charge on any atom is 0.124 e. The van der Waals surface area contributed by atoms with Gasteiger partial charge in [0.25, 0.3) is 0 Å². The van der Waals surface area contributed by atoms with Gasteiger partial charge in [0.1, 0.15) is 11.6 Å². The van der Waals surface area contributed by atoms with Crippen molar-refractivity contribution in [2.24, 2.45) is 0 Å². The predicted octanol–water partition coefficient (Wildman–Crippen LogP) is 4.96. The number of piperidine rings is 1. The summed E-state index contributed by atoms with van der Waals surface area (Å²) in [6.45, 7) is 2.01. The molecule has 0 spiro atoms. The van der Waals surface area contributed by atoms with Crippen molar-refractivity contribution < 1.29 is 8.78 Å². The minimum Gasteiger partial charge on any atom is -0.306 e. The van der Waals surface area contributed by atoms with Gasteiger partial charge in [0.05, 0.1) is 0 Å². The molecule has 0 aliphatic carbocycles. The van der Waals surface area contributed by atoms with E-state index in [-0.39, 0.29) is 11.6 Å². The Balaban J connectivity index is 1.93. The number of nitrogens with zero attached hydrogens (tertiary/aromatic N) is 1. The average molecular weight is 329 g/mol. The minimum atomic E-state index is -0.227. The van der Waals surface area contributed by atoms with Crippen LogP contribution in [0.1, 0.15) is 24.0 Å². The Bertz CT molecular complexity index is 803. The molecule has 2 aliphatic heterocycles. The first kappa shape index (κ1) is 14.9. The molecule has 0 saturated carbocycles. The number of benzene rings is 2. The largest absolute Gasteiger partial charge is 0.306 e. The molecule has 0 bridgehead atoms. The Hall–Kier alpha value is -1.65. The molecule has 1 fully saturated rings. The van der Waals surface area contributed by atoms with Gasteiger partial charge in [-0.05, 0) is 66.9 Å². The summed E-state index contributed by atoms with van der Waals surface area (Å²) < 4.78 is 27.5. The highest BCUT2D eigenvalue weighted by Crippen LogP contribution is 2.48. The summed E-state index contributed by atoms with van der Waals surface area (Å²) in [6.07, 6.45) is 1.95. The monoisotopic (exact) mass is 329 g/mol. The van der Waals surface area contributed by atoms with Crippen LogP contribution in [0.25, 0.3) is 5.57 Å². The second-order valence-electron chi connectivity index (χ2n) is 6.16. The molecule has 4 heteroatoms. The molecule has 0 N–H and O–H groups in total. The van der Waals surface area contributed by atoms with E-state index in [0.29, 0.717) is 0 Å². The molecule has 2 heterocycles. The van der Waals surface area contributed by atoms with Crippen molar-refractivity contribution in [1.29, 1.82) is 0 Å². The summed E-state index contributed by atoms with van der Waals surface area (Å²) in [5, 5.41) is 0. The molecule has 1 nitrogen and oxygen atoms in total. The lowest BCUT2D eigenvalue weighted by Gasteiger charge is -2.30. The number of fused-ring (bicyclic) bond motifs is 2. The quantitative estimate of drug-likeness (QED) is 0.574. The van der Waals surface area contributed by atoms with E-state index in [1.54, 1.807) is 18.2 Å². The topological polar surface area (TPSA) is 3.24 Å². The van der Waals surface area contributed by atoms with Crippen molar-refractivity contribution >= 4 is 17.3 Å². The molecule has 1 saturated heterocycles. The fourth-order valence-corrected chi connectivity index (χ4v) is 4.45. The normalized spacial score (nSPS) is 17.9. The summed E-state index contributed by atoms with van der Waals surface area (Å²) in [5.41, 5.74) is 4.45. The first-order chi connectivity index (χ1) is 11.1. The Kier molecular flexibility index (Phi) is 3.74. The highest BCUT2D eigenvalue weighted by Gasteiger charge is 2.26. The van der Waals surface area contributed by atoms with Crippen LogP contribution in [0, 0.1) is 11.6 Å². The fraction of sp³-hybridized carbons (Fsp3) is 0.263. The van der Waals surface area contributed by atoms with E-state index < -0.39 is 0 Å². The van der Waals surface area contributed by atoms with E-state index in [1.807, 2.05) is 6.07 Å². The molecule has 0 radical (unpaired) electrons. The smallest absolute Gasteiger partial charge is 0.124 e. The van der Waals surface area contributed by atoms with Crippen LogP contribution in [-0.2, 0) is 0 Å². The van der Waals surface area contributed by atoms with Crippen molar-refractivity contribution in [3.8, 4) is 0 Å². The summed E-state index contributed by atoms with van der Waals surface area (Å²) in [6, 6.07) is 9.83. The molecular weight excluding hydrogens is 312 g/mol. The van der Waals surface area contributed by atoms with E-state index in [4.69, 9.17) is 0 Å². The molecule has 4 rings (SSSR count). The Labute approximate surface area is 139 Å². The average Bonchev–Trinajstić information content (AvgIpc) is 2.54. The van der Waals surface area contributed by atoms with Gasteiger partial charge in [0.2, 0.25) is 0 Å². The highest BCUT2D eigenvalue weighted by atomic mass is 32.2. The van der Waals surface area contributed by atoms with Gasteiger partial charge in [-0.15, -0.1) is 0 Å². The summed E-state index contributed by atoms with van der Waals surface area (Å²) in [7, 11) is 2.12. The lowest BCUT2D eigenvalue weighted by molar-refractivity contribution is 0.313. The molecule has 23 heavy (non-hydrogen) atoms. The molecule has 2 aromatic rings. The van der Waals surface area contributed by atoms with E-state index in [1.165, 1.54) is 29.5 Å². The molecule has 0 unspecified atom stereocenters. The van der Waals surface area contributed by atoms with Crippen LogP contribution < -0.4 is 0 Å². The lowest BCUT2D eigenvalue weighted by atomic mass is 9.88. The van der Waals surface area contributed by atoms with Crippen molar-refractivity contribution in [2.75, 3.05) is 20.1 Å². The molecule has 0 amide bonds.